The second-order valence-corrected chi connectivity index (χ2v) is 6.81. The average Bonchev–Trinajstić information content (AvgIpc) is 2.68. The second kappa shape index (κ2) is 8.64. The van der Waals surface area contributed by atoms with Gasteiger partial charge in [0.05, 0.1) is 0 Å². The van der Waals surface area contributed by atoms with Crippen molar-refractivity contribution in [1.82, 2.24) is 5.01 Å². The SMILES string of the molecule is Cc1ccc(NC(=O)CN2N=C(C(=O)Nc3ccc(F)cc3)CCC2=O)cc1C. The molecule has 7 nitrogen and oxygen atoms in total. The van der Waals surface area contributed by atoms with Gasteiger partial charge in [-0.15, -0.1) is 0 Å². The predicted octanol–water partition coefficient (Wildman–Crippen LogP) is 3.00. The van der Waals surface area contributed by atoms with Crippen molar-refractivity contribution in [3.05, 3.63) is 59.4 Å². The molecule has 3 rings (SSSR count). The summed E-state index contributed by atoms with van der Waals surface area (Å²) in [4.78, 5) is 36.8. The standard InChI is InChI=1S/C21H21FN4O3/c1-13-3-6-17(11-14(13)2)23-19(27)12-26-20(28)10-9-18(25-26)21(29)24-16-7-4-15(22)5-8-16/h3-8,11H,9-10,12H2,1-2H3,(H,23,27)(H,24,29). The van der Waals surface area contributed by atoms with Gasteiger partial charge in [-0.05, 0) is 61.4 Å². The number of carbonyl (C=O) groups excluding carboxylic acids is 3. The van der Waals surface area contributed by atoms with Crippen molar-refractivity contribution < 1.29 is 18.8 Å². The van der Waals surface area contributed by atoms with Gasteiger partial charge in [-0.1, -0.05) is 6.07 Å². The third-order valence-electron chi connectivity index (χ3n) is 4.55. The van der Waals surface area contributed by atoms with Crippen LogP contribution in [-0.4, -0.2) is 35.0 Å². The van der Waals surface area contributed by atoms with Gasteiger partial charge < -0.3 is 10.6 Å². The van der Waals surface area contributed by atoms with E-state index in [1.165, 1.54) is 24.3 Å². The Morgan fingerprint density at radius 2 is 1.69 bits per heavy atom. The number of benzene rings is 2. The largest absolute Gasteiger partial charge is 0.324 e. The molecule has 0 saturated heterocycles. The fourth-order valence-corrected chi connectivity index (χ4v) is 2.78. The minimum absolute atomic E-state index is 0.0760. The maximum Gasteiger partial charge on any atom is 0.271 e. The average molecular weight is 396 g/mol. The number of halogens is 1. The number of nitrogens with one attached hydrogen (secondary N) is 2. The smallest absolute Gasteiger partial charge is 0.271 e. The second-order valence-electron chi connectivity index (χ2n) is 6.81. The van der Waals surface area contributed by atoms with E-state index in [0.29, 0.717) is 11.4 Å². The molecule has 3 amide bonds. The summed E-state index contributed by atoms with van der Waals surface area (Å²) in [6.07, 6.45) is 0.244. The number of aryl methyl sites for hydroxylation is 2. The van der Waals surface area contributed by atoms with Crippen LogP contribution in [0.3, 0.4) is 0 Å². The molecule has 0 spiro atoms. The van der Waals surface area contributed by atoms with E-state index in [0.717, 1.165) is 16.1 Å². The van der Waals surface area contributed by atoms with Gasteiger partial charge in [0.15, 0.2) is 0 Å². The number of carbonyl (C=O) groups is 3. The lowest BCUT2D eigenvalue weighted by molar-refractivity contribution is -0.135. The van der Waals surface area contributed by atoms with E-state index in [-0.39, 0.29) is 31.0 Å². The molecular weight excluding hydrogens is 375 g/mol. The summed E-state index contributed by atoms with van der Waals surface area (Å²) in [5, 5.41) is 10.4. The highest BCUT2D eigenvalue weighted by molar-refractivity contribution is 6.43. The van der Waals surface area contributed by atoms with Crippen molar-refractivity contribution >= 4 is 34.8 Å². The van der Waals surface area contributed by atoms with Gasteiger partial charge in [-0.3, -0.25) is 14.4 Å². The predicted molar refractivity (Wildman–Crippen MR) is 108 cm³/mol. The molecule has 2 N–H and O–H groups in total. The molecule has 29 heavy (non-hydrogen) atoms. The summed E-state index contributed by atoms with van der Waals surface area (Å²) in [5.41, 5.74) is 3.31. The van der Waals surface area contributed by atoms with Gasteiger partial charge in [-0.2, -0.15) is 5.10 Å². The Hall–Kier alpha value is -3.55. The Kier molecular flexibility index (Phi) is 6.01. The fourth-order valence-electron chi connectivity index (χ4n) is 2.78. The van der Waals surface area contributed by atoms with E-state index in [1.54, 1.807) is 6.07 Å². The molecule has 8 heteroatoms. The Bertz CT molecular complexity index is 986. The molecule has 1 aliphatic heterocycles. The van der Waals surface area contributed by atoms with Crippen LogP contribution in [0.2, 0.25) is 0 Å². The molecule has 0 unspecified atom stereocenters. The molecular formula is C21H21FN4O3. The first-order chi connectivity index (χ1) is 13.8. The minimum atomic E-state index is -0.497. The van der Waals surface area contributed by atoms with Gasteiger partial charge in [0.1, 0.15) is 18.1 Å². The summed E-state index contributed by atoms with van der Waals surface area (Å²) in [7, 11) is 0. The number of rotatable bonds is 5. The van der Waals surface area contributed by atoms with Gasteiger partial charge in [0.2, 0.25) is 11.8 Å². The summed E-state index contributed by atoms with van der Waals surface area (Å²) in [5.74, 6) is -1.66. The quantitative estimate of drug-likeness (QED) is 0.814. The van der Waals surface area contributed by atoms with Crippen LogP contribution >= 0.6 is 0 Å². The highest BCUT2D eigenvalue weighted by atomic mass is 19.1. The van der Waals surface area contributed by atoms with E-state index in [2.05, 4.69) is 15.7 Å². The number of hydrazone groups is 1. The molecule has 2 aromatic carbocycles. The first-order valence-electron chi connectivity index (χ1n) is 9.13. The summed E-state index contributed by atoms with van der Waals surface area (Å²) in [6, 6.07) is 10.8. The Morgan fingerprint density at radius 1 is 1.00 bits per heavy atom. The van der Waals surface area contributed by atoms with Crippen molar-refractivity contribution in [2.24, 2.45) is 5.10 Å². The van der Waals surface area contributed by atoms with Crippen molar-refractivity contribution in [1.29, 1.82) is 0 Å². The van der Waals surface area contributed by atoms with Crippen LogP contribution in [0.1, 0.15) is 24.0 Å². The third-order valence-corrected chi connectivity index (χ3v) is 4.55. The molecule has 150 valence electrons. The lowest BCUT2D eigenvalue weighted by atomic mass is 10.1. The van der Waals surface area contributed by atoms with E-state index in [9.17, 15) is 18.8 Å². The highest BCUT2D eigenvalue weighted by Gasteiger charge is 2.26. The zero-order valence-electron chi connectivity index (χ0n) is 16.2. The van der Waals surface area contributed by atoms with Crippen LogP contribution in [0.15, 0.2) is 47.6 Å². The summed E-state index contributed by atoms with van der Waals surface area (Å²) in [6.45, 7) is 3.62. The maximum atomic E-state index is 13.0. The van der Waals surface area contributed by atoms with Crippen LogP contribution < -0.4 is 10.6 Å². The van der Waals surface area contributed by atoms with E-state index >= 15 is 0 Å². The fraction of sp³-hybridized carbons (Fsp3) is 0.238. The van der Waals surface area contributed by atoms with Crippen LogP contribution in [-0.2, 0) is 14.4 Å². The molecule has 1 heterocycles. The van der Waals surface area contributed by atoms with E-state index < -0.39 is 17.6 Å². The van der Waals surface area contributed by atoms with Gasteiger partial charge in [-0.25, -0.2) is 9.40 Å². The number of hydrogen-bond donors (Lipinski definition) is 2. The molecule has 1 aliphatic rings. The minimum Gasteiger partial charge on any atom is -0.324 e. The van der Waals surface area contributed by atoms with Crippen molar-refractivity contribution in [3.63, 3.8) is 0 Å². The zero-order valence-corrected chi connectivity index (χ0v) is 16.2. The molecule has 0 atom stereocenters. The number of amides is 3. The van der Waals surface area contributed by atoms with Crippen LogP contribution in [0, 0.1) is 19.7 Å². The molecule has 0 radical (unpaired) electrons. The lowest BCUT2D eigenvalue weighted by Crippen LogP contribution is -2.40. The number of anilines is 2. The van der Waals surface area contributed by atoms with Gasteiger partial charge >= 0.3 is 0 Å². The molecule has 2 aromatic rings. The molecule has 0 aliphatic carbocycles. The van der Waals surface area contributed by atoms with Crippen molar-refractivity contribution in [2.45, 2.75) is 26.7 Å². The third kappa shape index (κ3) is 5.25. The van der Waals surface area contributed by atoms with Crippen molar-refractivity contribution in [2.75, 3.05) is 17.2 Å². The van der Waals surface area contributed by atoms with Gasteiger partial charge in [0, 0.05) is 24.2 Å². The van der Waals surface area contributed by atoms with Crippen molar-refractivity contribution in [3.8, 4) is 0 Å². The normalized spacial score (nSPS) is 13.7. The Morgan fingerprint density at radius 3 is 2.38 bits per heavy atom. The molecule has 0 saturated carbocycles. The van der Waals surface area contributed by atoms with E-state index in [4.69, 9.17) is 0 Å². The molecule has 0 bridgehead atoms. The van der Waals surface area contributed by atoms with E-state index in [1.807, 2.05) is 26.0 Å². The first-order valence-corrected chi connectivity index (χ1v) is 9.13. The monoisotopic (exact) mass is 396 g/mol. The highest BCUT2D eigenvalue weighted by Crippen LogP contribution is 2.16. The Labute approximate surface area is 167 Å². The first kappa shape index (κ1) is 20.2. The topological polar surface area (TPSA) is 90.9 Å². The lowest BCUT2D eigenvalue weighted by Gasteiger charge is -2.22. The van der Waals surface area contributed by atoms with Crippen LogP contribution in [0.4, 0.5) is 15.8 Å². The molecule has 0 fully saturated rings. The van der Waals surface area contributed by atoms with Crippen LogP contribution in [0.5, 0.6) is 0 Å². The van der Waals surface area contributed by atoms with Gasteiger partial charge in [0.25, 0.3) is 5.91 Å². The summed E-state index contributed by atoms with van der Waals surface area (Å²) < 4.78 is 13.0. The summed E-state index contributed by atoms with van der Waals surface area (Å²) >= 11 is 0. The zero-order chi connectivity index (χ0) is 21.0. The number of nitrogens with zero attached hydrogens (tertiary/aromatic N) is 2. The molecule has 0 aromatic heterocycles. The maximum absolute atomic E-state index is 13.0. The number of hydrogen-bond acceptors (Lipinski definition) is 4. The Balaban J connectivity index is 1.65. The van der Waals surface area contributed by atoms with Crippen LogP contribution in [0.25, 0.3) is 0 Å².